The Balaban J connectivity index is 1.57. The maximum Gasteiger partial charge on any atom is 0.334 e. The fraction of sp³-hybridized carbons (Fsp3) is 0.750. The Bertz CT molecular complexity index is 496. The van der Waals surface area contributed by atoms with Crippen molar-refractivity contribution in [3.63, 3.8) is 0 Å². The average Bonchev–Trinajstić information content (AvgIpc) is 2.73. The van der Waals surface area contributed by atoms with Crippen LogP contribution in [-0.2, 0) is 9.53 Å². The van der Waals surface area contributed by atoms with Gasteiger partial charge in [-0.1, -0.05) is 35.0 Å². The average molecular weight is 381 g/mol. The number of allylic oxidation sites excluding steroid dienone is 1. The van der Waals surface area contributed by atoms with Gasteiger partial charge in [-0.25, -0.2) is 4.79 Å². The van der Waals surface area contributed by atoms with E-state index >= 15 is 0 Å². The smallest absolute Gasteiger partial charge is 0.334 e. The van der Waals surface area contributed by atoms with Gasteiger partial charge in [0.15, 0.2) is 0 Å². The first kappa shape index (κ1) is 17.3. The topological polar surface area (TPSA) is 26.3 Å². The zero-order valence-corrected chi connectivity index (χ0v) is 15.8. The number of ether oxygens (including phenoxy) is 1. The summed E-state index contributed by atoms with van der Waals surface area (Å²) in [5.41, 5.74) is 2.33. The van der Waals surface area contributed by atoms with Crippen LogP contribution < -0.4 is 0 Å². The number of esters is 1. The molecule has 23 heavy (non-hydrogen) atoms. The highest BCUT2D eigenvalue weighted by Gasteiger charge is 2.39. The van der Waals surface area contributed by atoms with E-state index in [1.54, 1.807) is 5.57 Å². The summed E-state index contributed by atoms with van der Waals surface area (Å²) in [5, 5.41) is 0. The van der Waals surface area contributed by atoms with Gasteiger partial charge in [-0.15, -0.1) is 0 Å². The van der Waals surface area contributed by atoms with Crippen LogP contribution in [0.1, 0.15) is 64.7 Å². The minimum Gasteiger partial charge on any atom is -0.458 e. The highest BCUT2D eigenvalue weighted by atomic mass is 79.9. The molecule has 1 saturated heterocycles. The lowest BCUT2D eigenvalue weighted by molar-refractivity contribution is -0.139. The molecule has 0 unspecified atom stereocenters. The first-order valence-electron chi connectivity index (χ1n) is 9.33. The van der Waals surface area contributed by atoms with Crippen molar-refractivity contribution >= 4 is 21.9 Å². The molecule has 3 fully saturated rings. The van der Waals surface area contributed by atoms with Crippen LogP contribution in [0, 0.1) is 23.7 Å². The second-order valence-electron chi connectivity index (χ2n) is 7.67. The number of rotatable bonds is 4. The predicted octanol–water partition coefficient (Wildman–Crippen LogP) is 5.77. The summed E-state index contributed by atoms with van der Waals surface area (Å²) in [6.45, 7) is 6.06. The van der Waals surface area contributed by atoms with Crippen LogP contribution in [0.15, 0.2) is 22.7 Å². The van der Waals surface area contributed by atoms with E-state index in [-0.39, 0.29) is 18.0 Å². The van der Waals surface area contributed by atoms with Crippen molar-refractivity contribution in [1.82, 2.24) is 0 Å². The SMILES string of the molecule is C=C1C(=O)O[C@@H](CC[C@H]2CC[C@@H]3C[C@H]2CCC/C3=C\Br)[C@H]1CC. The van der Waals surface area contributed by atoms with Crippen LogP contribution in [-0.4, -0.2) is 12.1 Å². The van der Waals surface area contributed by atoms with Gasteiger partial charge in [0.1, 0.15) is 6.10 Å². The van der Waals surface area contributed by atoms with Gasteiger partial charge in [0.25, 0.3) is 0 Å². The van der Waals surface area contributed by atoms with E-state index in [1.165, 1.54) is 44.9 Å². The quantitative estimate of drug-likeness (QED) is 0.457. The molecule has 2 saturated carbocycles. The fourth-order valence-electron chi connectivity index (χ4n) is 5.13. The maximum absolute atomic E-state index is 11.8. The number of fused-ring (bicyclic) bond motifs is 2. The molecule has 128 valence electrons. The number of carbonyl (C=O) groups is 1. The standard InChI is InChI=1S/C20H29BrO2/c1-3-18-13(2)20(22)23-19(18)10-9-14-7-8-16-11-15(14)5-4-6-17(16)12-21/h12,14-16,18-19H,2-11H2,1H3/b17-12+/t14-,15-,16-,18+,19+/m1/s1. The highest BCUT2D eigenvalue weighted by Crippen LogP contribution is 2.46. The molecule has 0 aromatic carbocycles. The van der Waals surface area contributed by atoms with Crippen molar-refractivity contribution < 1.29 is 9.53 Å². The third-order valence-electron chi connectivity index (χ3n) is 6.52. The lowest BCUT2D eigenvalue weighted by Crippen LogP contribution is -2.26. The molecule has 1 heterocycles. The number of hydrogen-bond donors (Lipinski definition) is 0. The van der Waals surface area contributed by atoms with E-state index in [0.717, 1.165) is 30.6 Å². The number of cyclic esters (lactones) is 1. The molecule has 1 aliphatic heterocycles. The van der Waals surface area contributed by atoms with Crippen molar-refractivity contribution in [2.24, 2.45) is 23.7 Å². The molecule has 3 aliphatic rings. The van der Waals surface area contributed by atoms with E-state index in [1.807, 2.05) is 0 Å². The van der Waals surface area contributed by atoms with Crippen LogP contribution in [0.4, 0.5) is 0 Å². The monoisotopic (exact) mass is 380 g/mol. The molecule has 0 amide bonds. The molecule has 2 nitrogen and oxygen atoms in total. The molecule has 0 N–H and O–H groups in total. The summed E-state index contributed by atoms with van der Waals surface area (Å²) in [6, 6.07) is 0. The van der Waals surface area contributed by atoms with Crippen LogP contribution in [0.25, 0.3) is 0 Å². The number of carbonyl (C=O) groups excluding carboxylic acids is 1. The number of halogens is 1. The maximum atomic E-state index is 11.8. The largest absolute Gasteiger partial charge is 0.458 e. The highest BCUT2D eigenvalue weighted by molar-refractivity contribution is 9.11. The van der Waals surface area contributed by atoms with Crippen LogP contribution in [0.3, 0.4) is 0 Å². The molecule has 3 heteroatoms. The lowest BCUT2D eigenvalue weighted by Gasteiger charge is -2.35. The minimum atomic E-state index is -0.160. The predicted molar refractivity (Wildman–Crippen MR) is 97.2 cm³/mol. The third kappa shape index (κ3) is 3.60. The van der Waals surface area contributed by atoms with Gasteiger partial charge in [0, 0.05) is 11.5 Å². The summed E-state index contributed by atoms with van der Waals surface area (Å²) in [4.78, 5) is 13.9. The van der Waals surface area contributed by atoms with E-state index in [9.17, 15) is 4.79 Å². The Morgan fingerprint density at radius 1 is 1.30 bits per heavy atom. The third-order valence-corrected chi connectivity index (χ3v) is 7.11. The zero-order valence-electron chi connectivity index (χ0n) is 14.2. The first-order valence-corrected chi connectivity index (χ1v) is 10.2. The van der Waals surface area contributed by atoms with Gasteiger partial charge in [0.2, 0.25) is 0 Å². The van der Waals surface area contributed by atoms with Gasteiger partial charge in [0.05, 0.1) is 0 Å². The minimum absolute atomic E-state index is 0.0847. The van der Waals surface area contributed by atoms with Crippen LogP contribution in [0.2, 0.25) is 0 Å². The molecule has 0 radical (unpaired) electrons. The molecule has 2 bridgehead atoms. The Hall–Kier alpha value is -0.570. The van der Waals surface area contributed by atoms with Gasteiger partial charge < -0.3 is 4.74 Å². The van der Waals surface area contributed by atoms with Gasteiger partial charge >= 0.3 is 5.97 Å². The molecule has 5 atom stereocenters. The van der Waals surface area contributed by atoms with Crippen molar-refractivity contribution in [2.75, 3.05) is 0 Å². The summed E-state index contributed by atoms with van der Waals surface area (Å²) in [7, 11) is 0. The molecular formula is C20H29BrO2. The summed E-state index contributed by atoms with van der Waals surface area (Å²) in [6.07, 6.45) is 11.3. The second-order valence-corrected chi connectivity index (χ2v) is 8.13. The lowest BCUT2D eigenvalue weighted by atomic mass is 9.70. The summed E-state index contributed by atoms with van der Waals surface area (Å²) in [5.74, 6) is 2.60. The molecule has 0 aromatic rings. The fourth-order valence-corrected chi connectivity index (χ4v) is 5.73. The van der Waals surface area contributed by atoms with Crippen LogP contribution in [0.5, 0.6) is 0 Å². The summed E-state index contributed by atoms with van der Waals surface area (Å²) >= 11 is 3.57. The summed E-state index contributed by atoms with van der Waals surface area (Å²) < 4.78 is 5.58. The molecule has 3 rings (SSSR count). The Labute approximate surface area is 148 Å². The molecular weight excluding hydrogens is 352 g/mol. The normalized spacial score (nSPS) is 39.4. The Morgan fingerprint density at radius 3 is 2.87 bits per heavy atom. The van der Waals surface area contributed by atoms with Crippen molar-refractivity contribution in [2.45, 2.75) is 70.8 Å². The van der Waals surface area contributed by atoms with Gasteiger partial charge in [-0.3, -0.25) is 0 Å². The number of hydrogen-bond acceptors (Lipinski definition) is 2. The Morgan fingerprint density at radius 2 is 2.13 bits per heavy atom. The Kier molecular flexibility index (Phi) is 5.66. The van der Waals surface area contributed by atoms with E-state index in [2.05, 4.69) is 34.4 Å². The van der Waals surface area contributed by atoms with Crippen LogP contribution >= 0.6 is 15.9 Å². The second kappa shape index (κ2) is 7.55. The first-order chi connectivity index (χ1) is 11.1. The molecule has 0 aromatic heterocycles. The van der Waals surface area contributed by atoms with E-state index < -0.39 is 0 Å². The van der Waals surface area contributed by atoms with E-state index in [4.69, 9.17) is 4.74 Å². The van der Waals surface area contributed by atoms with Crippen molar-refractivity contribution in [3.05, 3.63) is 22.7 Å². The molecule has 2 aliphatic carbocycles. The van der Waals surface area contributed by atoms with E-state index in [0.29, 0.717) is 5.57 Å². The molecule has 0 spiro atoms. The zero-order chi connectivity index (χ0) is 16.4. The van der Waals surface area contributed by atoms with Gasteiger partial charge in [-0.2, -0.15) is 0 Å². The van der Waals surface area contributed by atoms with Gasteiger partial charge in [-0.05, 0) is 80.5 Å². The van der Waals surface area contributed by atoms with Crippen molar-refractivity contribution in [1.29, 1.82) is 0 Å². The van der Waals surface area contributed by atoms with Crippen molar-refractivity contribution in [3.8, 4) is 0 Å².